The Hall–Kier alpha value is -2.77. The normalized spacial score (nSPS) is 17.6. The predicted molar refractivity (Wildman–Crippen MR) is 103 cm³/mol. The van der Waals surface area contributed by atoms with Crippen LogP contribution in [0.1, 0.15) is 28.8 Å². The highest BCUT2D eigenvalue weighted by Crippen LogP contribution is 2.36. The minimum atomic E-state index is -4.19. The summed E-state index contributed by atoms with van der Waals surface area (Å²) >= 11 is 0. The van der Waals surface area contributed by atoms with E-state index in [1.165, 1.54) is 6.07 Å². The first-order valence-corrected chi connectivity index (χ1v) is 9.49. The quantitative estimate of drug-likeness (QED) is 0.733. The van der Waals surface area contributed by atoms with Gasteiger partial charge >= 0.3 is 6.18 Å². The van der Waals surface area contributed by atoms with Crippen LogP contribution >= 0.6 is 0 Å². The molecule has 0 radical (unpaired) electrons. The van der Waals surface area contributed by atoms with Crippen molar-refractivity contribution in [1.82, 2.24) is 4.90 Å². The SMILES string of the molecule is CN1Cc2cc(Nc3ccc(N4CCC(C(F)(F)F)CC4)c(F)c3)ccc2C1=O. The molecule has 2 aromatic rings. The zero-order chi connectivity index (χ0) is 20.8. The molecule has 29 heavy (non-hydrogen) atoms. The van der Waals surface area contributed by atoms with Crippen LogP contribution in [0.3, 0.4) is 0 Å². The third kappa shape index (κ3) is 3.88. The number of nitrogens with zero attached hydrogens (tertiary/aromatic N) is 2. The number of carbonyl (C=O) groups is 1. The predicted octanol–water partition coefficient (Wildman–Crippen LogP) is 4.93. The zero-order valence-corrected chi connectivity index (χ0v) is 15.9. The fourth-order valence-corrected chi connectivity index (χ4v) is 4.00. The molecule has 0 bridgehead atoms. The van der Waals surface area contributed by atoms with Gasteiger partial charge in [-0.2, -0.15) is 13.2 Å². The third-order valence-corrected chi connectivity index (χ3v) is 5.62. The second kappa shape index (κ2) is 7.24. The Morgan fingerprint density at radius 1 is 1.03 bits per heavy atom. The summed E-state index contributed by atoms with van der Waals surface area (Å²) in [6, 6.07) is 10.0. The Morgan fingerprint density at radius 2 is 1.69 bits per heavy atom. The van der Waals surface area contributed by atoms with Crippen LogP contribution in [0.2, 0.25) is 0 Å². The molecule has 2 aliphatic rings. The van der Waals surface area contributed by atoms with Gasteiger partial charge in [-0.05, 0) is 54.8 Å². The number of rotatable bonds is 3. The molecule has 2 aromatic carbocycles. The molecule has 1 amide bonds. The first-order valence-electron chi connectivity index (χ1n) is 9.49. The highest BCUT2D eigenvalue weighted by atomic mass is 19.4. The van der Waals surface area contributed by atoms with Gasteiger partial charge in [0.1, 0.15) is 5.82 Å². The number of amides is 1. The maximum absolute atomic E-state index is 14.6. The van der Waals surface area contributed by atoms with E-state index in [2.05, 4.69) is 5.32 Å². The van der Waals surface area contributed by atoms with Gasteiger partial charge in [0.15, 0.2) is 0 Å². The lowest BCUT2D eigenvalue weighted by atomic mass is 9.96. The largest absolute Gasteiger partial charge is 0.391 e. The summed E-state index contributed by atoms with van der Waals surface area (Å²) in [6.07, 6.45) is -4.23. The summed E-state index contributed by atoms with van der Waals surface area (Å²) in [5.74, 6) is -1.80. The van der Waals surface area contributed by atoms with Crippen molar-refractivity contribution in [1.29, 1.82) is 0 Å². The lowest BCUT2D eigenvalue weighted by Crippen LogP contribution is -2.39. The summed E-state index contributed by atoms with van der Waals surface area (Å²) in [4.78, 5) is 15.3. The summed E-state index contributed by atoms with van der Waals surface area (Å²) in [6.45, 7) is 0.894. The molecule has 1 fully saturated rings. The molecule has 154 valence electrons. The standard InChI is InChI=1S/C21H21F4N3O/c1-27-12-13-10-15(2-4-17(13)20(27)29)26-16-3-5-19(18(22)11-16)28-8-6-14(7-9-28)21(23,24)25/h2-5,10-11,14,26H,6-9,12H2,1H3. The number of carbonyl (C=O) groups excluding carboxylic acids is 1. The Kier molecular flexibility index (Phi) is 4.88. The highest BCUT2D eigenvalue weighted by Gasteiger charge is 2.41. The summed E-state index contributed by atoms with van der Waals surface area (Å²) in [7, 11) is 1.74. The number of hydrogen-bond donors (Lipinski definition) is 1. The van der Waals surface area contributed by atoms with E-state index in [1.807, 2.05) is 6.07 Å². The lowest BCUT2D eigenvalue weighted by molar-refractivity contribution is -0.179. The molecule has 0 saturated carbocycles. The minimum absolute atomic E-state index is 0.0174. The molecule has 0 aliphatic carbocycles. The number of hydrogen-bond acceptors (Lipinski definition) is 3. The molecule has 0 aromatic heterocycles. The zero-order valence-electron chi connectivity index (χ0n) is 15.9. The van der Waals surface area contributed by atoms with Gasteiger partial charge < -0.3 is 15.1 Å². The molecule has 8 heteroatoms. The van der Waals surface area contributed by atoms with Crippen LogP contribution < -0.4 is 10.2 Å². The fourth-order valence-electron chi connectivity index (χ4n) is 4.00. The third-order valence-electron chi connectivity index (χ3n) is 5.62. The van der Waals surface area contributed by atoms with E-state index in [4.69, 9.17) is 0 Å². The number of anilines is 3. The van der Waals surface area contributed by atoms with E-state index in [0.717, 1.165) is 11.3 Å². The molecule has 1 saturated heterocycles. The maximum Gasteiger partial charge on any atom is 0.391 e. The molecule has 0 atom stereocenters. The van der Waals surface area contributed by atoms with Crippen molar-refractivity contribution in [3.8, 4) is 0 Å². The molecule has 0 unspecified atom stereocenters. The number of halogens is 4. The molecule has 1 N–H and O–H groups in total. The van der Waals surface area contributed by atoms with Gasteiger partial charge in [0.25, 0.3) is 5.91 Å². The van der Waals surface area contributed by atoms with E-state index in [0.29, 0.717) is 23.5 Å². The van der Waals surface area contributed by atoms with Crippen molar-refractivity contribution < 1.29 is 22.4 Å². The molecule has 0 spiro atoms. The molecule has 4 rings (SSSR count). The van der Waals surface area contributed by atoms with E-state index in [1.54, 1.807) is 41.1 Å². The van der Waals surface area contributed by atoms with E-state index in [-0.39, 0.29) is 31.8 Å². The van der Waals surface area contributed by atoms with Crippen molar-refractivity contribution in [3.63, 3.8) is 0 Å². The molecular weight excluding hydrogens is 386 g/mol. The van der Waals surface area contributed by atoms with Gasteiger partial charge in [-0.25, -0.2) is 4.39 Å². The van der Waals surface area contributed by atoms with E-state index in [9.17, 15) is 22.4 Å². The van der Waals surface area contributed by atoms with Crippen LogP contribution in [0, 0.1) is 11.7 Å². The lowest BCUT2D eigenvalue weighted by Gasteiger charge is -2.34. The Morgan fingerprint density at radius 3 is 2.34 bits per heavy atom. The number of fused-ring (bicyclic) bond motifs is 1. The van der Waals surface area contributed by atoms with Crippen molar-refractivity contribution in [2.24, 2.45) is 5.92 Å². The van der Waals surface area contributed by atoms with Crippen LogP contribution in [0.15, 0.2) is 36.4 Å². The van der Waals surface area contributed by atoms with Gasteiger partial charge in [-0.15, -0.1) is 0 Å². The molecule has 2 heterocycles. The number of benzene rings is 2. The van der Waals surface area contributed by atoms with Gasteiger partial charge in [0, 0.05) is 43.6 Å². The Labute approximate surface area is 166 Å². The molecular formula is C21H21F4N3O. The first kappa shape index (κ1) is 19.5. The van der Waals surface area contributed by atoms with Crippen LogP contribution in [-0.2, 0) is 6.54 Å². The minimum Gasteiger partial charge on any atom is -0.369 e. The summed E-state index contributed by atoms with van der Waals surface area (Å²) in [5.41, 5.74) is 3.17. The highest BCUT2D eigenvalue weighted by molar-refractivity contribution is 5.98. The first-order chi connectivity index (χ1) is 13.7. The summed E-state index contributed by atoms with van der Waals surface area (Å²) in [5, 5.41) is 3.12. The monoisotopic (exact) mass is 407 g/mol. The summed E-state index contributed by atoms with van der Waals surface area (Å²) < 4.78 is 53.1. The van der Waals surface area contributed by atoms with Gasteiger partial charge in [-0.3, -0.25) is 4.79 Å². The number of nitrogens with one attached hydrogen (secondary N) is 1. The van der Waals surface area contributed by atoms with Crippen LogP contribution in [-0.4, -0.2) is 37.1 Å². The molecule has 4 nitrogen and oxygen atoms in total. The van der Waals surface area contributed by atoms with Crippen LogP contribution in [0.4, 0.5) is 34.6 Å². The van der Waals surface area contributed by atoms with Crippen molar-refractivity contribution in [2.75, 3.05) is 30.4 Å². The maximum atomic E-state index is 14.6. The Balaban J connectivity index is 1.45. The topological polar surface area (TPSA) is 35.6 Å². The van der Waals surface area contributed by atoms with E-state index < -0.39 is 17.9 Å². The van der Waals surface area contributed by atoms with Gasteiger partial charge in [-0.1, -0.05) is 0 Å². The second-order valence-corrected chi connectivity index (χ2v) is 7.63. The van der Waals surface area contributed by atoms with Crippen molar-refractivity contribution in [3.05, 3.63) is 53.3 Å². The number of piperidine rings is 1. The average molecular weight is 407 g/mol. The fraction of sp³-hybridized carbons (Fsp3) is 0.381. The molecule has 2 aliphatic heterocycles. The van der Waals surface area contributed by atoms with Gasteiger partial charge in [0.05, 0.1) is 11.6 Å². The Bertz CT molecular complexity index is 936. The average Bonchev–Trinajstić information content (AvgIpc) is 2.95. The smallest absolute Gasteiger partial charge is 0.369 e. The van der Waals surface area contributed by atoms with Crippen molar-refractivity contribution in [2.45, 2.75) is 25.6 Å². The van der Waals surface area contributed by atoms with Crippen molar-refractivity contribution >= 4 is 23.0 Å². The van der Waals surface area contributed by atoms with Crippen LogP contribution in [0.25, 0.3) is 0 Å². The van der Waals surface area contributed by atoms with Gasteiger partial charge in [0.2, 0.25) is 0 Å². The second-order valence-electron chi connectivity index (χ2n) is 7.63. The number of alkyl halides is 3. The van der Waals surface area contributed by atoms with Crippen LogP contribution in [0.5, 0.6) is 0 Å². The van der Waals surface area contributed by atoms with E-state index >= 15 is 0 Å².